The zero-order valence-electron chi connectivity index (χ0n) is 13.9. The van der Waals surface area contributed by atoms with E-state index in [-0.39, 0.29) is 27.4 Å². The van der Waals surface area contributed by atoms with E-state index in [1.165, 1.54) is 55.5 Å². The Balaban J connectivity index is 1.77. The summed E-state index contributed by atoms with van der Waals surface area (Å²) in [5.41, 5.74) is 0.437. The second-order valence-electron chi connectivity index (χ2n) is 5.98. The Morgan fingerprint density at radius 1 is 0.923 bits per heavy atom. The second kappa shape index (κ2) is 6.82. The second-order valence-corrected chi connectivity index (χ2v) is 9.25. The first-order valence-electron chi connectivity index (χ1n) is 7.85. The predicted octanol–water partition coefficient (Wildman–Crippen LogP) is 2.10. The molecular formula is C17H17NO6S2. The van der Waals surface area contributed by atoms with E-state index in [1.807, 2.05) is 0 Å². The van der Waals surface area contributed by atoms with E-state index in [1.54, 1.807) is 0 Å². The molecule has 1 fully saturated rings. The Labute approximate surface area is 152 Å². The molecule has 0 spiro atoms. The number of Topliss-reactive ketones (excluding diaryl/α,β-unsaturated/α-hetero) is 1. The van der Waals surface area contributed by atoms with E-state index in [0.717, 1.165) is 12.8 Å². The van der Waals surface area contributed by atoms with Gasteiger partial charge in [-0.15, -0.1) is 0 Å². The molecule has 1 N–H and O–H groups in total. The van der Waals surface area contributed by atoms with Crippen molar-refractivity contribution < 1.29 is 25.8 Å². The number of rotatable bonds is 7. The number of ketones is 1. The lowest BCUT2D eigenvalue weighted by molar-refractivity contribution is 0.101. The largest absolute Gasteiger partial charge is 0.379 e. The highest BCUT2D eigenvalue weighted by atomic mass is 32.2. The Hall–Kier alpha value is -2.23. The highest BCUT2D eigenvalue weighted by molar-refractivity contribution is 7.89. The van der Waals surface area contributed by atoms with Crippen molar-refractivity contribution in [2.45, 2.75) is 35.6 Å². The Morgan fingerprint density at radius 2 is 1.46 bits per heavy atom. The standard InChI is InChI=1S/C17H17NO6S2/c1-12(19)13-2-6-15(7-3-13)24-26(22,23)17-10-8-16(9-11-17)25(20,21)18-14-4-5-14/h2-3,6-11,14,18H,4-5H2,1H3. The first kappa shape index (κ1) is 18.6. The van der Waals surface area contributed by atoms with Gasteiger partial charge in [-0.1, -0.05) is 0 Å². The summed E-state index contributed by atoms with van der Waals surface area (Å²) in [5, 5.41) is 0. The summed E-state index contributed by atoms with van der Waals surface area (Å²) in [6.07, 6.45) is 1.61. The molecule has 0 unspecified atom stereocenters. The van der Waals surface area contributed by atoms with Gasteiger partial charge in [0, 0.05) is 11.6 Å². The molecule has 0 atom stereocenters. The van der Waals surface area contributed by atoms with Crippen LogP contribution in [0, 0.1) is 0 Å². The molecule has 138 valence electrons. The molecule has 2 aromatic carbocycles. The van der Waals surface area contributed by atoms with Gasteiger partial charge in [0.05, 0.1) is 4.90 Å². The van der Waals surface area contributed by atoms with Crippen LogP contribution in [-0.4, -0.2) is 28.7 Å². The van der Waals surface area contributed by atoms with Gasteiger partial charge in [0.1, 0.15) is 10.6 Å². The summed E-state index contributed by atoms with van der Waals surface area (Å²) in [7, 11) is -7.77. The van der Waals surface area contributed by atoms with Gasteiger partial charge in [0.2, 0.25) is 10.0 Å². The van der Waals surface area contributed by atoms with Crippen molar-refractivity contribution >= 4 is 25.9 Å². The van der Waals surface area contributed by atoms with Gasteiger partial charge in [-0.25, -0.2) is 13.1 Å². The molecule has 1 aliphatic rings. The number of nitrogens with one attached hydrogen (secondary N) is 1. The third kappa shape index (κ3) is 4.29. The van der Waals surface area contributed by atoms with Crippen molar-refractivity contribution in [2.75, 3.05) is 0 Å². The molecule has 1 aliphatic carbocycles. The zero-order valence-corrected chi connectivity index (χ0v) is 15.5. The molecule has 0 aliphatic heterocycles. The number of carbonyl (C=O) groups excluding carboxylic acids is 1. The summed E-state index contributed by atoms with van der Waals surface area (Å²) in [4.78, 5) is 11.1. The van der Waals surface area contributed by atoms with Gasteiger partial charge >= 0.3 is 10.1 Å². The smallest absolute Gasteiger partial charge is 0.339 e. The van der Waals surface area contributed by atoms with Crippen LogP contribution in [0.1, 0.15) is 30.1 Å². The maximum atomic E-state index is 12.3. The van der Waals surface area contributed by atoms with Gasteiger partial charge in [-0.2, -0.15) is 8.42 Å². The van der Waals surface area contributed by atoms with Crippen LogP contribution in [0.15, 0.2) is 58.3 Å². The van der Waals surface area contributed by atoms with E-state index >= 15 is 0 Å². The van der Waals surface area contributed by atoms with Crippen molar-refractivity contribution in [2.24, 2.45) is 0 Å². The van der Waals surface area contributed by atoms with Crippen LogP contribution in [0.25, 0.3) is 0 Å². The Bertz CT molecular complexity index is 1020. The molecule has 7 nitrogen and oxygen atoms in total. The van der Waals surface area contributed by atoms with Crippen LogP contribution in [0.4, 0.5) is 0 Å². The minimum absolute atomic E-state index is 0.00541. The first-order valence-corrected chi connectivity index (χ1v) is 10.7. The van der Waals surface area contributed by atoms with E-state index in [2.05, 4.69) is 4.72 Å². The maximum absolute atomic E-state index is 12.3. The minimum Gasteiger partial charge on any atom is -0.379 e. The topological polar surface area (TPSA) is 107 Å². The highest BCUT2D eigenvalue weighted by Gasteiger charge is 2.28. The zero-order chi connectivity index (χ0) is 18.9. The fourth-order valence-corrected chi connectivity index (χ4v) is 4.43. The molecule has 3 rings (SSSR count). The number of sulfonamides is 1. The van der Waals surface area contributed by atoms with Crippen molar-refractivity contribution in [1.82, 2.24) is 4.72 Å². The van der Waals surface area contributed by atoms with Crippen molar-refractivity contribution in [3.63, 3.8) is 0 Å². The Morgan fingerprint density at radius 3 is 1.96 bits per heavy atom. The number of carbonyl (C=O) groups is 1. The van der Waals surface area contributed by atoms with Crippen LogP contribution in [0.3, 0.4) is 0 Å². The normalized spacial score (nSPS) is 14.8. The molecule has 1 saturated carbocycles. The molecule has 26 heavy (non-hydrogen) atoms. The lowest BCUT2D eigenvalue weighted by Gasteiger charge is -2.09. The fraction of sp³-hybridized carbons (Fsp3) is 0.235. The van der Waals surface area contributed by atoms with Gasteiger partial charge in [-0.05, 0) is 68.3 Å². The van der Waals surface area contributed by atoms with Gasteiger partial charge in [0.15, 0.2) is 5.78 Å². The van der Waals surface area contributed by atoms with E-state index < -0.39 is 20.1 Å². The van der Waals surface area contributed by atoms with E-state index in [9.17, 15) is 21.6 Å². The average Bonchev–Trinajstić information content (AvgIpc) is 3.38. The summed E-state index contributed by atoms with van der Waals surface area (Å²) >= 11 is 0. The molecule has 2 aromatic rings. The molecule has 0 radical (unpaired) electrons. The van der Waals surface area contributed by atoms with Gasteiger partial charge < -0.3 is 4.18 Å². The quantitative estimate of drug-likeness (QED) is 0.568. The molecule has 0 saturated heterocycles. The van der Waals surface area contributed by atoms with Crippen molar-refractivity contribution in [3.05, 3.63) is 54.1 Å². The number of benzene rings is 2. The molecule has 0 bridgehead atoms. The summed E-state index contributed by atoms with van der Waals surface area (Å²) in [6.45, 7) is 1.40. The van der Waals surface area contributed by atoms with E-state index in [4.69, 9.17) is 4.18 Å². The SMILES string of the molecule is CC(=O)c1ccc(OS(=O)(=O)c2ccc(S(=O)(=O)NC3CC3)cc2)cc1. The minimum atomic E-state index is -4.12. The van der Waals surface area contributed by atoms with Crippen molar-refractivity contribution in [3.8, 4) is 5.75 Å². The van der Waals surface area contributed by atoms with Crippen LogP contribution < -0.4 is 8.91 Å². The third-order valence-corrected chi connectivity index (χ3v) is 6.59. The lowest BCUT2D eigenvalue weighted by atomic mass is 10.1. The molecular weight excluding hydrogens is 378 g/mol. The lowest BCUT2D eigenvalue weighted by Crippen LogP contribution is -2.25. The fourth-order valence-electron chi connectivity index (χ4n) is 2.19. The molecule has 0 aromatic heterocycles. The van der Waals surface area contributed by atoms with Gasteiger partial charge in [0.25, 0.3) is 0 Å². The number of hydrogen-bond acceptors (Lipinski definition) is 6. The van der Waals surface area contributed by atoms with Crippen molar-refractivity contribution in [1.29, 1.82) is 0 Å². The van der Waals surface area contributed by atoms with Crippen LogP contribution in [-0.2, 0) is 20.1 Å². The van der Waals surface area contributed by atoms with Crippen LogP contribution in [0.2, 0.25) is 0 Å². The average molecular weight is 395 g/mol. The monoisotopic (exact) mass is 395 g/mol. The summed E-state index contributed by atoms with van der Waals surface area (Å²) in [6, 6.07) is 10.5. The molecule has 0 heterocycles. The van der Waals surface area contributed by atoms with Crippen LogP contribution in [0.5, 0.6) is 5.75 Å². The number of hydrogen-bond donors (Lipinski definition) is 1. The van der Waals surface area contributed by atoms with E-state index in [0.29, 0.717) is 5.56 Å². The van der Waals surface area contributed by atoms with Crippen LogP contribution >= 0.6 is 0 Å². The third-order valence-electron chi connectivity index (χ3n) is 3.79. The first-order chi connectivity index (χ1) is 12.2. The summed E-state index contributed by atoms with van der Waals surface area (Å²) < 4.78 is 56.4. The predicted molar refractivity (Wildman–Crippen MR) is 94.0 cm³/mol. The Kier molecular flexibility index (Phi) is 4.87. The highest BCUT2D eigenvalue weighted by Crippen LogP contribution is 2.24. The maximum Gasteiger partial charge on any atom is 0.339 e. The molecule has 9 heteroatoms. The van der Waals surface area contributed by atoms with Gasteiger partial charge in [-0.3, -0.25) is 4.79 Å². The summed E-state index contributed by atoms with van der Waals surface area (Å²) in [5.74, 6) is -0.0851. The molecule has 0 amide bonds.